The standard InChI is InChI=1S/C14H22N2O2/c1-10-4-12(17-2)5-14(18-3)13(10)9-16-8-11-6-15-7-11/h4-5,11,15-16H,6-9H2,1-3H3. The number of rotatable bonds is 6. The van der Waals surface area contributed by atoms with Gasteiger partial charge in [0, 0.05) is 37.8 Å². The summed E-state index contributed by atoms with van der Waals surface area (Å²) in [4.78, 5) is 0. The Bertz CT molecular complexity index is 403. The van der Waals surface area contributed by atoms with Gasteiger partial charge in [0.15, 0.2) is 0 Å². The lowest BCUT2D eigenvalue weighted by molar-refractivity contribution is 0.329. The maximum atomic E-state index is 5.43. The molecule has 0 aliphatic carbocycles. The topological polar surface area (TPSA) is 42.5 Å². The smallest absolute Gasteiger partial charge is 0.127 e. The van der Waals surface area contributed by atoms with Gasteiger partial charge in [-0.25, -0.2) is 0 Å². The largest absolute Gasteiger partial charge is 0.497 e. The van der Waals surface area contributed by atoms with E-state index in [1.807, 2.05) is 12.1 Å². The molecule has 1 heterocycles. The molecular formula is C14H22N2O2. The van der Waals surface area contributed by atoms with E-state index in [-0.39, 0.29) is 0 Å². The van der Waals surface area contributed by atoms with Gasteiger partial charge in [-0.15, -0.1) is 0 Å². The Labute approximate surface area is 109 Å². The molecule has 0 radical (unpaired) electrons. The average molecular weight is 250 g/mol. The van der Waals surface area contributed by atoms with Gasteiger partial charge < -0.3 is 20.1 Å². The maximum Gasteiger partial charge on any atom is 0.127 e. The van der Waals surface area contributed by atoms with Crippen molar-refractivity contribution in [1.82, 2.24) is 10.6 Å². The molecule has 0 bridgehead atoms. The molecule has 0 unspecified atom stereocenters. The zero-order valence-corrected chi connectivity index (χ0v) is 11.4. The maximum absolute atomic E-state index is 5.43. The first-order valence-electron chi connectivity index (χ1n) is 6.37. The van der Waals surface area contributed by atoms with Gasteiger partial charge in [0.05, 0.1) is 14.2 Å². The number of ether oxygens (including phenoxy) is 2. The van der Waals surface area contributed by atoms with Gasteiger partial charge in [0.2, 0.25) is 0 Å². The van der Waals surface area contributed by atoms with Crippen molar-refractivity contribution in [1.29, 1.82) is 0 Å². The van der Waals surface area contributed by atoms with E-state index in [1.165, 1.54) is 11.1 Å². The quantitative estimate of drug-likeness (QED) is 0.799. The van der Waals surface area contributed by atoms with Gasteiger partial charge in [-0.05, 0) is 24.5 Å². The summed E-state index contributed by atoms with van der Waals surface area (Å²) in [5.74, 6) is 2.51. The van der Waals surface area contributed by atoms with E-state index >= 15 is 0 Å². The lowest BCUT2D eigenvalue weighted by Crippen LogP contribution is -2.47. The zero-order chi connectivity index (χ0) is 13.0. The van der Waals surface area contributed by atoms with Crippen LogP contribution in [-0.2, 0) is 6.54 Å². The Morgan fingerprint density at radius 3 is 2.61 bits per heavy atom. The van der Waals surface area contributed by atoms with Crippen LogP contribution in [0, 0.1) is 12.8 Å². The molecule has 100 valence electrons. The third-order valence-electron chi connectivity index (χ3n) is 3.46. The average Bonchev–Trinajstić information content (AvgIpc) is 2.33. The van der Waals surface area contributed by atoms with Crippen LogP contribution in [0.1, 0.15) is 11.1 Å². The SMILES string of the molecule is COc1cc(C)c(CNCC2CNC2)c(OC)c1. The fourth-order valence-corrected chi connectivity index (χ4v) is 2.17. The van der Waals surface area contributed by atoms with E-state index in [0.717, 1.165) is 43.6 Å². The lowest BCUT2D eigenvalue weighted by atomic mass is 10.0. The summed E-state index contributed by atoms with van der Waals surface area (Å²) in [6.07, 6.45) is 0. The molecule has 2 N–H and O–H groups in total. The summed E-state index contributed by atoms with van der Waals surface area (Å²) in [6.45, 7) is 6.25. The van der Waals surface area contributed by atoms with Crippen LogP contribution >= 0.6 is 0 Å². The number of aryl methyl sites for hydroxylation is 1. The third kappa shape index (κ3) is 2.94. The summed E-state index contributed by atoms with van der Waals surface area (Å²) in [5.41, 5.74) is 2.41. The molecule has 0 amide bonds. The van der Waals surface area contributed by atoms with E-state index in [2.05, 4.69) is 17.6 Å². The molecule has 18 heavy (non-hydrogen) atoms. The fourth-order valence-electron chi connectivity index (χ4n) is 2.17. The molecule has 1 aromatic carbocycles. The fraction of sp³-hybridized carbons (Fsp3) is 0.571. The first-order chi connectivity index (χ1) is 8.74. The van der Waals surface area contributed by atoms with Crippen LogP contribution < -0.4 is 20.1 Å². The van der Waals surface area contributed by atoms with E-state index in [0.29, 0.717) is 0 Å². The normalized spacial score (nSPS) is 15.3. The summed E-state index contributed by atoms with van der Waals surface area (Å²) < 4.78 is 10.7. The van der Waals surface area contributed by atoms with Gasteiger partial charge in [-0.3, -0.25) is 0 Å². The Hall–Kier alpha value is -1.26. The zero-order valence-electron chi connectivity index (χ0n) is 11.4. The predicted molar refractivity (Wildman–Crippen MR) is 72.3 cm³/mol. The van der Waals surface area contributed by atoms with Crippen LogP contribution in [0.5, 0.6) is 11.5 Å². The summed E-state index contributed by atoms with van der Waals surface area (Å²) >= 11 is 0. The Kier molecular flexibility index (Phi) is 4.44. The highest BCUT2D eigenvalue weighted by molar-refractivity contribution is 5.46. The number of hydrogen-bond acceptors (Lipinski definition) is 4. The molecular weight excluding hydrogens is 228 g/mol. The highest BCUT2D eigenvalue weighted by Gasteiger charge is 2.16. The summed E-state index contributed by atoms with van der Waals surface area (Å²) in [6, 6.07) is 3.99. The molecule has 1 aromatic rings. The Morgan fingerprint density at radius 1 is 1.28 bits per heavy atom. The molecule has 1 aliphatic heterocycles. The molecule has 1 saturated heterocycles. The van der Waals surface area contributed by atoms with Crippen molar-refractivity contribution in [3.8, 4) is 11.5 Å². The van der Waals surface area contributed by atoms with Crippen LogP contribution in [0.4, 0.5) is 0 Å². The molecule has 0 spiro atoms. The first kappa shape index (κ1) is 13.2. The van der Waals surface area contributed by atoms with Gasteiger partial charge >= 0.3 is 0 Å². The second kappa shape index (κ2) is 6.07. The molecule has 0 atom stereocenters. The molecule has 1 fully saturated rings. The van der Waals surface area contributed by atoms with Crippen molar-refractivity contribution in [2.45, 2.75) is 13.5 Å². The van der Waals surface area contributed by atoms with Crippen molar-refractivity contribution < 1.29 is 9.47 Å². The number of nitrogens with one attached hydrogen (secondary N) is 2. The number of benzene rings is 1. The second-order valence-corrected chi connectivity index (χ2v) is 4.78. The number of hydrogen-bond donors (Lipinski definition) is 2. The monoisotopic (exact) mass is 250 g/mol. The molecule has 0 aromatic heterocycles. The third-order valence-corrected chi connectivity index (χ3v) is 3.46. The van der Waals surface area contributed by atoms with Crippen LogP contribution in [0.2, 0.25) is 0 Å². The van der Waals surface area contributed by atoms with E-state index in [4.69, 9.17) is 9.47 Å². The summed E-state index contributed by atoms with van der Waals surface area (Å²) in [7, 11) is 3.38. The van der Waals surface area contributed by atoms with E-state index in [9.17, 15) is 0 Å². The van der Waals surface area contributed by atoms with Crippen molar-refractivity contribution in [3.05, 3.63) is 23.3 Å². The van der Waals surface area contributed by atoms with Crippen LogP contribution in [0.15, 0.2) is 12.1 Å². The van der Waals surface area contributed by atoms with Crippen molar-refractivity contribution in [2.24, 2.45) is 5.92 Å². The molecule has 4 nitrogen and oxygen atoms in total. The molecule has 4 heteroatoms. The lowest BCUT2D eigenvalue weighted by Gasteiger charge is -2.27. The minimum atomic E-state index is 0.773. The first-order valence-corrected chi connectivity index (χ1v) is 6.37. The van der Waals surface area contributed by atoms with Gasteiger partial charge in [0.25, 0.3) is 0 Å². The van der Waals surface area contributed by atoms with Crippen molar-refractivity contribution >= 4 is 0 Å². The number of methoxy groups -OCH3 is 2. The van der Waals surface area contributed by atoms with Gasteiger partial charge in [0.1, 0.15) is 11.5 Å². The molecule has 1 aliphatic rings. The highest BCUT2D eigenvalue weighted by Crippen LogP contribution is 2.28. The Balaban J connectivity index is 2.00. The van der Waals surface area contributed by atoms with E-state index in [1.54, 1.807) is 14.2 Å². The van der Waals surface area contributed by atoms with E-state index < -0.39 is 0 Å². The van der Waals surface area contributed by atoms with Crippen LogP contribution in [0.25, 0.3) is 0 Å². The Morgan fingerprint density at radius 2 is 2.06 bits per heavy atom. The van der Waals surface area contributed by atoms with Gasteiger partial charge in [-0.2, -0.15) is 0 Å². The predicted octanol–water partition coefficient (Wildman–Crippen LogP) is 1.32. The van der Waals surface area contributed by atoms with Crippen LogP contribution in [-0.4, -0.2) is 33.9 Å². The van der Waals surface area contributed by atoms with Crippen molar-refractivity contribution in [2.75, 3.05) is 33.9 Å². The van der Waals surface area contributed by atoms with Crippen LogP contribution in [0.3, 0.4) is 0 Å². The van der Waals surface area contributed by atoms with Gasteiger partial charge in [-0.1, -0.05) is 0 Å². The highest BCUT2D eigenvalue weighted by atomic mass is 16.5. The van der Waals surface area contributed by atoms with Crippen molar-refractivity contribution in [3.63, 3.8) is 0 Å². The summed E-state index contributed by atoms with van der Waals surface area (Å²) in [5, 5.41) is 6.77. The minimum absolute atomic E-state index is 0.773. The minimum Gasteiger partial charge on any atom is -0.497 e. The molecule has 0 saturated carbocycles. The molecule has 2 rings (SSSR count). The second-order valence-electron chi connectivity index (χ2n) is 4.78.